The van der Waals surface area contributed by atoms with Crippen molar-refractivity contribution >= 4 is 40.8 Å². The zero-order valence-corrected chi connectivity index (χ0v) is 11.7. The van der Waals surface area contributed by atoms with E-state index in [1.54, 1.807) is 0 Å². The van der Waals surface area contributed by atoms with Crippen LogP contribution < -0.4 is 4.72 Å². The van der Waals surface area contributed by atoms with Crippen LogP contribution in [0.25, 0.3) is 10.6 Å². The van der Waals surface area contributed by atoms with Crippen LogP contribution in [-0.2, 0) is 0 Å². The Morgan fingerprint density at radius 1 is 1.41 bits per heavy atom. The maximum absolute atomic E-state index is 12.9. The van der Waals surface area contributed by atoms with Crippen LogP contribution >= 0.6 is 35.8 Å². The number of rotatable bonds is 2. The standard InChI is InChI=1S/C8H5ClFN3S2.C2H6/c9-6-8(13-14)15-7(12-6)4-1-5(10)3-11-2-4;1-2/h1-3,13-14H;1-2H3. The normalized spacial score (nSPS) is 9.47. The summed E-state index contributed by atoms with van der Waals surface area (Å²) < 4.78 is 15.5. The molecule has 17 heavy (non-hydrogen) atoms. The van der Waals surface area contributed by atoms with Gasteiger partial charge in [0.15, 0.2) is 5.15 Å². The molecule has 2 heterocycles. The molecule has 0 saturated carbocycles. The molecular formula is C10H11ClFN3S2. The second-order valence-electron chi connectivity index (χ2n) is 2.64. The fourth-order valence-electron chi connectivity index (χ4n) is 1.02. The average Bonchev–Trinajstić information content (AvgIpc) is 2.73. The van der Waals surface area contributed by atoms with Crippen molar-refractivity contribution in [1.82, 2.24) is 9.97 Å². The SMILES string of the molecule is CC.Fc1cncc(-c2nc(Cl)c(NS)s2)c1. The van der Waals surface area contributed by atoms with Gasteiger partial charge >= 0.3 is 0 Å². The van der Waals surface area contributed by atoms with E-state index in [1.165, 1.54) is 23.6 Å². The molecule has 0 aliphatic heterocycles. The number of nitrogens with zero attached hydrogens (tertiary/aromatic N) is 2. The molecule has 0 aromatic carbocycles. The number of thiol groups is 1. The molecule has 0 fully saturated rings. The Bertz CT molecular complexity index is 490. The Morgan fingerprint density at radius 3 is 2.65 bits per heavy atom. The van der Waals surface area contributed by atoms with Crippen LogP contribution in [0.1, 0.15) is 13.8 Å². The Morgan fingerprint density at radius 2 is 2.12 bits per heavy atom. The van der Waals surface area contributed by atoms with Crippen molar-refractivity contribution in [2.24, 2.45) is 0 Å². The van der Waals surface area contributed by atoms with Gasteiger partial charge < -0.3 is 4.72 Å². The number of hydrogen-bond acceptors (Lipinski definition) is 5. The lowest BCUT2D eigenvalue weighted by Crippen LogP contribution is -1.81. The van der Waals surface area contributed by atoms with Crippen LogP contribution in [0.5, 0.6) is 0 Å². The van der Waals surface area contributed by atoms with E-state index in [0.717, 1.165) is 6.20 Å². The summed E-state index contributed by atoms with van der Waals surface area (Å²) in [5.41, 5.74) is 0.594. The first kappa shape index (κ1) is 14.2. The lowest BCUT2D eigenvalue weighted by Gasteiger charge is -1.93. The van der Waals surface area contributed by atoms with E-state index in [9.17, 15) is 4.39 Å². The number of thiazole rings is 1. The molecule has 92 valence electrons. The summed E-state index contributed by atoms with van der Waals surface area (Å²) in [7, 11) is 0. The lowest BCUT2D eigenvalue weighted by atomic mass is 10.3. The van der Waals surface area contributed by atoms with Gasteiger partial charge in [-0.3, -0.25) is 4.98 Å². The molecular weight excluding hydrogens is 281 g/mol. The second-order valence-corrected chi connectivity index (χ2v) is 4.22. The Kier molecular flexibility index (Phi) is 5.67. The third-order valence-corrected chi connectivity index (χ3v) is 3.42. The molecule has 0 saturated heterocycles. The minimum Gasteiger partial charge on any atom is -0.321 e. The molecule has 7 heteroatoms. The average molecular weight is 292 g/mol. The minimum absolute atomic E-state index is 0.314. The van der Waals surface area contributed by atoms with Crippen LogP contribution in [-0.4, -0.2) is 9.97 Å². The summed E-state index contributed by atoms with van der Waals surface area (Å²) in [4.78, 5) is 7.79. The van der Waals surface area contributed by atoms with Gasteiger partial charge in [-0.15, -0.1) is 0 Å². The maximum Gasteiger partial charge on any atom is 0.165 e. The zero-order valence-electron chi connectivity index (χ0n) is 9.24. The first-order valence-corrected chi connectivity index (χ1v) is 6.52. The van der Waals surface area contributed by atoms with Crippen molar-refractivity contribution in [2.75, 3.05) is 4.72 Å². The van der Waals surface area contributed by atoms with E-state index in [-0.39, 0.29) is 0 Å². The smallest absolute Gasteiger partial charge is 0.165 e. The number of nitrogens with one attached hydrogen (secondary N) is 1. The third-order valence-electron chi connectivity index (χ3n) is 1.64. The van der Waals surface area contributed by atoms with Crippen molar-refractivity contribution in [1.29, 1.82) is 0 Å². The van der Waals surface area contributed by atoms with Crippen molar-refractivity contribution in [3.8, 4) is 10.6 Å². The van der Waals surface area contributed by atoms with E-state index in [1.807, 2.05) is 13.8 Å². The number of hydrogen-bond donors (Lipinski definition) is 2. The summed E-state index contributed by atoms with van der Waals surface area (Å²) in [6.45, 7) is 4.00. The van der Waals surface area contributed by atoms with Gasteiger partial charge in [0, 0.05) is 11.8 Å². The molecule has 1 N–H and O–H groups in total. The topological polar surface area (TPSA) is 37.8 Å². The van der Waals surface area contributed by atoms with Crippen LogP contribution in [0.3, 0.4) is 0 Å². The van der Waals surface area contributed by atoms with E-state index in [4.69, 9.17) is 11.6 Å². The minimum atomic E-state index is -0.404. The highest BCUT2D eigenvalue weighted by atomic mass is 35.5. The summed E-state index contributed by atoms with van der Waals surface area (Å²) in [6.07, 6.45) is 2.66. The molecule has 0 amide bonds. The highest BCUT2D eigenvalue weighted by molar-refractivity contribution is 7.82. The molecule has 3 nitrogen and oxygen atoms in total. The van der Waals surface area contributed by atoms with Crippen LogP contribution in [0, 0.1) is 5.82 Å². The van der Waals surface area contributed by atoms with Gasteiger partial charge in [-0.05, 0) is 6.07 Å². The summed E-state index contributed by atoms with van der Waals surface area (Å²) in [6, 6.07) is 1.35. The number of halogens is 2. The molecule has 0 bridgehead atoms. The van der Waals surface area contributed by atoms with Gasteiger partial charge in [-0.1, -0.05) is 49.6 Å². The largest absolute Gasteiger partial charge is 0.321 e. The van der Waals surface area contributed by atoms with Crippen molar-refractivity contribution in [3.63, 3.8) is 0 Å². The first-order valence-electron chi connectivity index (χ1n) is 4.88. The zero-order chi connectivity index (χ0) is 12.8. The fourth-order valence-corrected chi connectivity index (χ4v) is 2.36. The molecule has 0 unspecified atom stereocenters. The summed E-state index contributed by atoms with van der Waals surface area (Å²) in [5, 5.41) is 1.54. The van der Waals surface area contributed by atoms with Gasteiger partial charge in [0.25, 0.3) is 0 Å². The van der Waals surface area contributed by atoms with Gasteiger partial charge in [0.05, 0.1) is 6.20 Å². The number of anilines is 1. The van der Waals surface area contributed by atoms with Gasteiger partial charge in [-0.2, -0.15) is 0 Å². The molecule has 0 radical (unpaired) electrons. The molecule has 0 atom stereocenters. The Labute approximate surface area is 114 Å². The first-order chi connectivity index (χ1) is 8.20. The van der Waals surface area contributed by atoms with Crippen molar-refractivity contribution in [2.45, 2.75) is 13.8 Å². The predicted molar refractivity (Wildman–Crippen MR) is 74.3 cm³/mol. The Balaban J connectivity index is 0.000000686. The molecule has 2 aromatic rings. The van der Waals surface area contributed by atoms with Crippen molar-refractivity contribution < 1.29 is 4.39 Å². The number of pyridine rings is 1. The molecule has 0 aliphatic carbocycles. The summed E-state index contributed by atoms with van der Waals surface area (Å²) in [5.74, 6) is -0.404. The van der Waals surface area contributed by atoms with E-state index < -0.39 is 5.82 Å². The van der Waals surface area contributed by atoms with E-state index in [0.29, 0.717) is 20.7 Å². The van der Waals surface area contributed by atoms with Gasteiger partial charge in [0.2, 0.25) is 0 Å². The molecule has 0 spiro atoms. The third kappa shape index (κ3) is 3.55. The predicted octanol–water partition coefficient (Wildman–Crippen LogP) is 4.28. The molecule has 2 aromatic heterocycles. The van der Waals surface area contributed by atoms with Crippen LogP contribution in [0.2, 0.25) is 5.15 Å². The highest BCUT2D eigenvalue weighted by Gasteiger charge is 2.10. The number of aromatic nitrogens is 2. The maximum atomic E-state index is 12.9. The monoisotopic (exact) mass is 291 g/mol. The highest BCUT2D eigenvalue weighted by Crippen LogP contribution is 2.35. The van der Waals surface area contributed by atoms with E-state index >= 15 is 0 Å². The van der Waals surface area contributed by atoms with E-state index in [2.05, 4.69) is 27.5 Å². The van der Waals surface area contributed by atoms with Gasteiger partial charge in [0.1, 0.15) is 15.8 Å². The van der Waals surface area contributed by atoms with Crippen molar-refractivity contribution in [3.05, 3.63) is 29.4 Å². The summed E-state index contributed by atoms with van der Waals surface area (Å²) >= 11 is 11.0. The molecule has 0 aliphatic rings. The quantitative estimate of drug-likeness (QED) is 0.811. The fraction of sp³-hybridized carbons (Fsp3) is 0.200. The van der Waals surface area contributed by atoms with Gasteiger partial charge in [-0.25, -0.2) is 9.37 Å². The van der Waals surface area contributed by atoms with Crippen LogP contribution in [0.15, 0.2) is 18.5 Å². The van der Waals surface area contributed by atoms with Crippen LogP contribution in [0.4, 0.5) is 9.39 Å². The lowest BCUT2D eigenvalue weighted by molar-refractivity contribution is 0.622. The molecule has 2 rings (SSSR count). The second kappa shape index (κ2) is 6.78. The Hall–Kier alpha value is -0.850.